The van der Waals surface area contributed by atoms with Crippen molar-refractivity contribution in [3.05, 3.63) is 71.8 Å². The number of imidazole rings is 1. The van der Waals surface area contributed by atoms with Crippen molar-refractivity contribution in [1.29, 1.82) is 0 Å². The van der Waals surface area contributed by atoms with Crippen LogP contribution in [-0.2, 0) is 11.3 Å². The summed E-state index contributed by atoms with van der Waals surface area (Å²) in [6.45, 7) is 8.77. The van der Waals surface area contributed by atoms with Gasteiger partial charge >= 0.3 is 0 Å². The maximum absolute atomic E-state index is 12.8. The van der Waals surface area contributed by atoms with E-state index in [1.807, 2.05) is 23.5 Å². The van der Waals surface area contributed by atoms with Gasteiger partial charge in [0.05, 0.1) is 37.6 Å². The van der Waals surface area contributed by atoms with Gasteiger partial charge in [0.25, 0.3) is 0 Å². The highest BCUT2D eigenvalue weighted by Crippen LogP contribution is 2.23. The molecular weight excluding hydrogens is 394 g/mol. The molecule has 1 aromatic carbocycles. The molecule has 1 N–H and O–H groups in total. The molecule has 6 nitrogen and oxygen atoms in total. The van der Waals surface area contributed by atoms with E-state index in [0.29, 0.717) is 5.75 Å². The van der Waals surface area contributed by atoms with Crippen LogP contribution in [-0.4, -0.2) is 57.3 Å². The quantitative estimate of drug-likeness (QED) is 0.617. The molecule has 30 heavy (non-hydrogen) atoms. The number of aromatic nitrogens is 3. The smallest absolute Gasteiger partial charge is 0.233 e. The number of thioether (sulfide) groups is 1. The zero-order chi connectivity index (χ0) is 20.9. The molecule has 1 fully saturated rings. The molecule has 1 saturated heterocycles. The van der Waals surface area contributed by atoms with Crippen molar-refractivity contribution in [2.45, 2.75) is 25.5 Å². The van der Waals surface area contributed by atoms with Crippen molar-refractivity contribution in [1.82, 2.24) is 19.4 Å². The molecule has 0 spiro atoms. The van der Waals surface area contributed by atoms with Gasteiger partial charge in [-0.25, -0.2) is 4.98 Å². The summed E-state index contributed by atoms with van der Waals surface area (Å²) in [5, 5.41) is 0.860. The van der Waals surface area contributed by atoms with Crippen LogP contribution < -0.4 is 4.90 Å². The number of pyridine rings is 1. The predicted molar refractivity (Wildman–Crippen MR) is 119 cm³/mol. The van der Waals surface area contributed by atoms with Crippen molar-refractivity contribution in [2.24, 2.45) is 0 Å². The topological polar surface area (TPSA) is 55.5 Å². The van der Waals surface area contributed by atoms with Gasteiger partial charge in [-0.1, -0.05) is 23.9 Å². The minimum absolute atomic E-state index is 0.193. The lowest BCUT2D eigenvalue weighted by atomic mass is 10.1. The van der Waals surface area contributed by atoms with E-state index in [1.165, 1.54) is 33.4 Å². The number of quaternary nitrogens is 1. The van der Waals surface area contributed by atoms with Gasteiger partial charge < -0.3 is 9.80 Å². The van der Waals surface area contributed by atoms with Crippen molar-refractivity contribution in [3.63, 3.8) is 0 Å². The van der Waals surface area contributed by atoms with Gasteiger partial charge in [-0.15, -0.1) is 0 Å². The number of aryl methyl sites for hydroxylation is 2. The molecular formula is C23H28N5OS+. The third-order valence-corrected chi connectivity index (χ3v) is 6.53. The fourth-order valence-electron chi connectivity index (χ4n) is 3.81. The van der Waals surface area contributed by atoms with E-state index in [1.54, 1.807) is 6.20 Å². The predicted octanol–water partition coefficient (Wildman–Crippen LogP) is 1.90. The molecule has 3 heterocycles. The fraction of sp³-hybridized carbons (Fsp3) is 0.348. The maximum Gasteiger partial charge on any atom is 0.233 e. The normalized spacial score (nSPS) is 14.8. The standard InChI is InChI=1S/C23H27N5OS/c1-18-3-4-19(2)21(15-18)28-10-9-25-23(28)30-17-22(29)27-13-11-26(12-14-27)16-20-5-7-24-8-6-20/h3-10,15H,11-14,16-17H2,1-2H3/p+1. The number of nitrogens with zero attached hydrogens (tertiary/aromatic N) is 4. The molecule has 0 aliphatic carbocycles. The van der Waals surface area contributed by atoms with Crippen LogP contribution in [0.1, 0.15) is 16.7 Å². The second-order valence-electron chi connectivity index (χ2n) is 7.82. The highest BCUT2D eigenvalue weighted by molar-refractivity contribution is 7.99. The van der Waals surface area contributed by atoms with Gasteiger partial charge in [-0.2, -0.15) is 0 Å². The molecule has 0 radical (unpaired) electrons. The van der Waals surface area contributed by atoms with E-state index in [0.717, 1.165) is 43.6 Å². The molecule has 1 aliphatic heterocycles. The van der Waals surface area contributed by atoms with Crippen LogP contribution in [0.2, 0.25) is 0 Å². The van der Waals surface area contributed by atoms with Crippen molar-refractivity contribution < 1.29 is 9.69 Å². The van der Waals surface area contributed by atoms with Crippen LogP contribution in [0.4, 0.5) is 0 Å². The number of rotatable bonds is 6. The summed E-state index contributed by atoms with van der Waals surface area (Å²) in [5.74, 6) is 0.611. The van der Waals surface area contributed by atoms with Gasteiger partial charge in [0, 0.05) is 30.4 Å². The Hall–Kier alpha value is -2.64. The molecule has 0 unspecified atom stereocenters. The number of benzene rings is 1. The minimum Gasteiger partial charge on any atom is -0.331 e. The molecule has 4 rings (SSSR count). The number of piperazine rings is 1. The first-order valence-corrected chi connectivity index (χ1v) is 11.3. The lowest BCUT2D eigenvalue weighted by Gasteiger charge is -2.32. The first-order chi connectivity index (χ1) is 14.6. The summed E-state index contributed by atoms with van der Waals surface area (Å²) in [6.07, 6.45) is 7.45. The third kappa shape index (κ3) is 4.91. The summed E-state index contributed by atoms with van der Waals surface area (Å²) >= 11 is 1.52. The summed E-state index contributed by atoms with van der Waals surface area (Å²) in [7, 11) is 0. The molecule has 1 aliphatic rings. The molecule has 0 saturated carbocycles. The molecule has 156 valence electrons. The van der Waals surface area contributed by atoms with Crippen LogP contribution in [0.25, 0.3) is 5.69 Å². The first kappa shape index (κ1) is 20.6. The SMILES string of the molecule is Cc1ccc(C)c(-n2ccnc2SCC(=O)N2CC[NH+](Cc3ccncc3)CC2)c1. The molecule has 0 bridgehead atoms. The second kappa shape index (κ2) is 9.45. The number of carbonyl (C=O) groups is 1. The van der Waals surface area contributed by atoms with Crippen molar-refractivity contribution >= 4 is 17.7 Å². The third-order valence-electron chi connectivity index (χ3n) is 5.58. The molecule has 3 aromatic rings. The van der Waals surface area contributed by atoms with Crippen LogP contribution >= 0.6 is 11.8 Å². The Bertz CT molecular complexity index is 996. The zero-order valence-electron chi connectivity index (χ0n) is 17.5. The highest BCUT2D eigenvalue weighted by Gasteiger charge is 2.24. The average molecular weight is 423 g/mol. The Morgan fingerprint density at radius 2 is 1.87 bits per heavy atom. The monoisotopic (exact) mass is 422 g/mol. The second-order valence-corrected chi connectivity index (χ2v) is 8.76. The van der Waals surface area contributed by atoms with Crippen LogP contribution in [0.15, 0.2) is 60.3 Å². The van der Waals surface area contributed by atoms with Crippen molar-refractivity contribution in [2.75, 3.05) is 31.9 Å². The molecule has 7 heteroatoms. The van der Waals surface area contributed by atoms with E-state index in [4.69, 9.17) is 0 Å². The van der Waals surface area contributed by atoms with E-state index in [-0.39, 0.29) is 5.91 Å². The Labute approximate surface area is 181 Å². The van der Waals surface area contributed by atoms with E-state index < -0.39 is 0 Å². The van der Waals surface area contributed by atoms with E-state index in [2.05, 4.69) is 58.7 Å². The zero-order valence-corrected chi connectivity index (χ0v) is 18.4. The Kier molecular flexibility index (Phi) is 6.50. The number of nitrogens with one attached hydrogen (secondary N) is 1. The summed E-state index contributed by atoms with van der Waals surface area (Å²) < 4.78 is 2.08. The Morgan fingerprint density at radius 1 is 1.10 bits per heavy atom. The van der Waals surface area contributed by atoms with Gasteiger partial charge in [0.2, 0.25) is 5.91 Å². The summed E-state index contributed by atoms with van der Waals surface area (Å²) in [6, 6.07) is 10.5. The van der Waals surface area contributed by atoms with E-state index in [9.17, 15) is 4.79 Å². The van der Waals surface area contributed by atoms with Crippen LogP contribution in [0.5, 0.6) is 0 Å². The Morgan fingerprint density at radius 3 is 2.63 bits per heavy atom. The largest absolute Gasteiger partial charge is 0.331 e. The lowest BCUT2D eigenvalue weighted by molar-refractivity contribution is -0.917. The summed E-state index contributed by atoms with van der Waals surface area (Å²) in [5.41, 5.74) is 4.83. The van der Waals surface area contributed by atoms with Gasteiger partial charge in [-0.05, 0) is 43.2 Å². The van der Waals surface area contributed by atoms with E-state index >= 15 is 0 Å². The van der Waals surface area contributed by atoms with Crippen molar-refractivity contribution in [3.8, 4) is 5.69 Å². The van der Waals surface area contributed by atoms with Gasteiger partial charge in [0.15, 0.2) is 5.16 Å². The number of hydrogen-bond donors (Lipinski definition) is 1. The van der Waals surface area contributed by atoms with Crippen LogP contribution in [0.3, 0.4) is 0 Å². The Balaban J connectivity index is 1.31. The molecule has 1 amide bonds. The number of hydrogen-bond acceptors (Lipinski definition) is 4. The fourth-order valence-corrected chi connectivity index (χ4v) is 4.68. The highest BCUT2D eigenvalue weighted by atomic mass is 32.2. The average Bonchev–Trinajstić information content (AvgIpc) is 3.23. The molecule has 0 atom stereocenters. The lowest BCUT2D eigenvalue weighted by Crippen LogP contribution is -3.13. The maximum atomic E-state index is 12.8. The van der Waals surface area contributed by atoms with Gasteiger partial charge in [-0.3, -0.25) is 14.3 Å². The first-order valence-electron chi connectivity index (χ1n) is 10.3. The molecule has 2 aromatic heterocycles. The number of amides is 1. The number of carbonyl (C=O) groups excluding carboxylic acids is 1. The summed E-state index contributed by atoms with van der Waals surface area (Å²) in [4.78, 5) is 24.9. The van der Waals surface area contributed by atoms with Gasteiger partial charge in [0.1, 0.15) is 6.54 Å². The minimum atomic E-state index is 0.193. The van der Waals surface area contributed by atoms with Crippen LogP contribution in [0, 0.1) is 13.8 Å².